The molecule has 13 heavy (non-hydrogen) atoms. The van der Waals surface area contributed by atoms with E-state index >= 15 is 0 Å². The highest BCUT2D eigenvalue weighted by atomic mass is 79.9. The minimum atomic E-state index is -1.82. The highest BCUT2D eigenvalue weighted by molar-refractivity contribution is 9.10. The van der Waals surface area contributed by atoms with Gasteiger partial charge in [-0.1, -0.05) is 22.0 Å². The van der Waals surface area contributed by atoms with E-state index in [2.05, 4.69) is 15.9 Å². The van der Waals surface area contributed by atoms with Crippen molar-refractivity contribution in [2.45, 2.75) is 6.54 Å². The Bertz CT molecular complexity index is 295. The predicted octanol–water partition coefficient (Wildman–Crippen LogP) is 0.256. The van der Waals surface area contributed by atoms with E-state index in [9.17, 15) is 0 Å². The number of halogens is 1. The molecule has 0 saturated carbocycles. The molecule has 0 amide bonds. The fourth-order valence-electron chi connectivity index (χ4n) is 0.920. The Labute approximate surface area is 84.6 Å². The molecule has 4 N–H and O–H groups in total. The summed E-state index contributed by atoms with van der Waals surface area (Å²) in [5.74, 6) is 0.367. The Morgan fingerprint density at radius 2 is 2.15 bits per heavy atom. The van der Waals surface area contributed by atoms with Crippen LogP contribution in [-0.4, -0.2) is 17.4 Å². The maximum atomic E-state index is 8.59. The normalized spacial score (nSPS) is 9.85. The first-order valence-corrected chi connectivity index (χ1v) is 4.44. The maximum Gasteiger partial charge on any atom is 0.707 e. The molecule has 6 heteroatoms. The first kappa shape index (κ1) is 10.5. The summed E-state index contributed by atoms with van der Waals surface area (Å²) in [6.07, 6.45) is 0. The second kappa shape index (κ2) is 4.62. The topological polar surface area (TPSA) is 75.7 Å². The molecule has 0 aliphatic heterocycles. The van der Waals surface area contributed by atoms with E-state index in [-0.39, 0.29) is 6.54 Å². The Morgan fingerprint density at radius 3 is 2.69 bits per heavy atom. The van der Waals surface area contributed by atoms with Gasteiger partial charge in [0.1, 0.15) is 5.75 Å². The van der Waals surface area contributed by atoms with Crippen LogP contribution in [0.3, 0.4) is 0 Å². The monoisotopic (exact) mass is 245 g/mol. The zero-order valence-electron chi connectivity index (χ0n) is 6.77. The number of rotatable bonds is 3. The van der Waals surface area contributed by atoms with Crippen LogP contribution in [0.4, 0.5) is 0 Å². The third kappa shape index (κ3) is 3.00. The molecule has 4 nitrogen and oxygen atoms in total. The molecule has 0 aromatic heterocycles. The third-order valence-electron chi connectivity index (χ3n) is 1.48. The molecule has 0 radical (unpaired) electrons. The van der Waals surface area contributed by atoms with Crippen LogP contribution in [0.25, 0.3) is 0 Å². The highest BCUT2D eigenvalue weighted by Crippen LogP contribution is 2.23. The first-order valence-electron chi connectivity index (χ1n) is 3.65. The zero-order valence-corrected chi connectivity index (χ0v) is 8.36. The standard InChI is InChI=1S/C7H9BBrNO3/c9-6-2-1-5(4-10)7(3-6)13-8(11)12/h1-3,11-12H,4,10H2. The highest BCUT2D eigenvalue weighted by Gasteiger charge is 2.13. The molecule has 0 fully saturated rings. The molecule has 1 aromatic carbocycles. The lowest BCUT2D eigenvalue weighted by molar-refractivity contribution is 0.287. The van der Waals surface area contributed by atoms with E-state index < -0.39 is 7.32 Å². The van der Waals surface area contributed by atoms with Gasteiger partial charge >= 0.3 is 7.32 Å². The van der Waals surface area contributed by atoms with Gasteiger partial charge in [0.05, 0.1) is 0 Å². The van der Waals surface area contributed by atoms with Crippen molar-refractivity contribution in [3.63, 3.8) is 0 Å². The van der Waals surface area contributed by atoms with Crippen LogP contribution in [0.2, 0.25) is 0 Å². The molecule has 0 spiro atoms. The molecule has 0 aliphatic carbocycles. The molecule has 1 aromatic rings. The van der Waals surface area contributed by atoms with E-state index in [1.807, 2.05) is 0 Å². The number of hydrogen-bond acceptors (Lipinski definition) is 4. The minimum absolute atomic E-state index is 0.287. The summed E-state index contributed by atoms with van der Waals surface area (Å²) < 4.78 is 5.51. The zero-order chi connectivity index (χ0) is 9.84. The molecule has 0 heterocycles. The minimum Gasteiger partial charge on any atom is -0.512 e. The van der Waals surface area contributed by atoms with E-state index in [1.54, 1.807) is 18.2 Å². The Morgan fingerprint density at radius 1 is 1.46 bits per heavy atom. The number of benzene rings is 1. The van der Waals surface area contributed by atoms with Crippen LogP contribution in [0, 0.1) is 0 Å². The van der Waals surface area contributed by atoms with Crippen molar-refractivity contribution in [2.75, 3.05) is 0 Å². The van der Waals surface area contributed by atoms with Crippen LogP contribution in [-0.2, 0) is 6.54 Å². The van der Waals surface area contributed by atoms with E-state index in [0.29, 0.717) is 5.75 Å². The van der Waals surface area contributed by atoms with Gasteiger partial charge in [0.25, 0.3) is 0 Å². The van der Waals surface area contributed by atoms with Crippen LogP contribution >= 0.6 is 15.9 Å². The van der Waals surface area contributed by atoms with Crippen molar-refractivity contribution in [3.05, 3.63) is 28.2 Å². The molecule has 0 unspecified atom stereocenters. The van der Waals surface area contributed by atoms with Gasteiger partial charge < -0.3 is 20.4 Å². The lowest BCUT2D eigenvalue weighted by Gasteiger charge is -2.09. The smallest absolute Gasteiger partial charge is 0.512 e. The second-order valence-electron chi connectivity index (χ2n) is 2.40. The largest absolute Gasteiger partial charge is 0.707 e. The van der Waals surface area contributed by atoms with Crippen molar-refractivity contribution >= 4 is 23.3 Å². The van der Waals surface area contributed by atoms with Gasteiger partial charge in [0.15, 0.2) is 0 Å². The Balaban J connectivity index is 2.94. The molecule has 0 atom stereocenters. The van der Waals surface area contributed by atoms with Crippen molar-refractivity contribution < 1.29 is 14.7 Å². The van der Waals surface area contributed by atoms with Gasteiger partial charge in [0, 0.05) is 16.6 Å². The molecule has 0 saturated heterocycles. The van der Waals surface area contributed by atoms with Crippen LogP contribution in [0.1, 0.15) is 5.56 Å². The lowest BCUT2D eigenvalue weighted by Crippen LogP contribution is -2.21. The predicted molar refractivity (Wildman–Crippen MR) is 52.9 cm³/mol. The summed E-state index contributed by atoms with van der Waals surface area (Å²) >= 11 is 3.23. The van der Waals surface area contributed by atoms with Gasteiger partial charge in [-0.3, -0.25) is 0 Å². The molecular weight excluding hydrogens is 237 g/mol. The first-order chi connectivity index (χ1) is 6.13. The summed E-state index contributed by atoms with van der Waals surface area (Å²) in [5.41, 5.74) is 6.14. The summed E-state index contributed by atoms with van der Waals surface area (Å²) in [4.78, 5) is 0. The number of hydrogen-bond donors (Lipinski definition) is 3. The quantitative estimate of drug-likeness (QED) is 0.668. The average Bonchev–Trinajstić information content (AvgIpc) is 2.03. The van der Waals surface area contributed by atoms with Crippen LogP contribution < -0.4 is 10.4 Å². The average molecular weight is 246 g/mol. The molecule has 0 aliphatic rings. The summed E-state index contributed by atoms with van der Waals surface area (Å²) in [6.45, 7) is 0.287. The van der Waals surface area contributed by atoms with Gasteiger partial charge in [-0.2, -0.15) is 0 Å². The fourth-order valence-corrected chi connectivity index (χ4v) is 1.26. The van der Waals surface area contributed by atoms with Crippen molar-refractivity contribution in [2.24, 2.45) is 5.73 Å². The SMILES string of the molecule is NCc1ccc(Br)cc1OB(O)O. The van der Waals surface area contributed by atoms with Crippen molar-refractivity contribution in [1.29, 1.82) is 0 Å². The lowest BCUT2D eigenvalue weighted by atomic mass is 10.1. The van der Waals surface area contributed by atoms with Gasteiger partial charge in [0.2, 0.25) is 0 Å². The second-order valence-corrected chi connectivity index (χ2v) is 3.32. The molecule has 1 rings (SSSR count). The molecule has 70 valence electrons. The van der Waals surface area contributed by atoms with Crippen molar-refractivity contribution in [3.8, 4) is 5.75 Å². The van der Waals surface area contributed by atoms with E-state index in [0.717, 1.165) is 10.0 Å². The van der Waals surface area contributed by atoms with Crippen LogP contribution in [0.15, 0.2) is 22.7 Å². The van der Waals surface area contributed by atoms with E-state index in [1.165, 1.54) is 0 Å². The van der Waals surface area contributed by atoms with Crippen LogP contribution in [0.5, 0.6) is 5.75 Å². The van der Waals surface area contributed by atoms with Gasteiger partial charge in [-0.25, -0.2) is 0 Å². The summed E-state index contributed by atoms with van der Waals surface area (Å²) in [6, 6.07) is 5.18. The summed E-state index contributed by atoms with van der Waals surface area (Å²) in [5, 5.41) is 17.2. The maximum absolute atomic E-state index is 8.59. The van der Waals surface area contributed by atoms with Crippen molar-refractivity contribution in [1.82, 2.24) is 0 Å². The molecule has 0 bridgehead atoms. The summed E-state index contributed by atoms with van der Waals surface area (Å²) in [7, 11) is -1.82. The third-order valence-corrected chi connectivity index (χ3v) is 1.97. The van der Waals surface area contributed by atoms with E-state index in [4.69, 9.17) is 20.4 Å². The Kier molecular flexibility index (Phi) is 3.74. The fraction of sp³-hybridized carbons (Fsp3) is 0.143. The molecular formula is C7H9BBrNO3. The number of nitrogens with two attached hydrogens (primary N) is 1. The van der Waals surface area contributed by atoms with Gasteiger partial charge in [-0.15, -0.1) is 0 Å². The Hall–Kier alpha value is -0.555. The van der Waals surface area contributed by atoms with Gasteiger partial charge in [-0.05, 0) is 12.1 Å².